The highest BCUT2D eigenvalue weighted by Gasteiger charge is 2.54. The number of aromatic nitrogens is 4. The maximum Gasteiger partial charge on any atom is 0.235 e. The quantitative estimate of drug-likeness (QED) is 0.639. The molecule has 4 bridgehead atoms. The van der Waals surface area contributed by atoms with E-state index in [0.717, 1.165) is 44.1 Å². The Hall–Kier alpha value is -1.46. The van der Waals surface area contributed by atoms with E-state index in [1.165, 1.54) is 38.5 Å². The zero-order valence-electron chi connectivity index (χ0n) is 13.9. The zero-order chi connectivity index (χ0) is 16.6. The van der Waals surface area contributed by atoms with Crippen LogP contribution in [-0.2, 0) is 5.41 Å². The molecule has 0 saturated heterocycles. The van der Waals surface area contributed by atoms with Crippen molar-refractivity contribution in [2.24, 2.45) is 17.8 Å². The van der Waals surface area contributed by atoms with Crippen LogP contribution in [0.4, 0.5) is 0 Å². The molecule has 6 heteroatoms. The van der Waals surface area contributed by atoms with E-state index in [1.54, 1.807) is 11.3 Å². The van der Waals surface area contributed by atoms with E-state index in [0.29, 0.717) is 0 Å². The molecule has 4 aliphatic rings. The molecule has 0 atom stereocenters. The van der Waals surface area contributed by atoms with E-state index in [-0.39, 0.29) is 5.41 Å². The zero-order valence-corrected chi connectivity index (χ0v) is 15.4. The molecule has 0 spiro atoms. The smallest absolute Gasteiger partial charge is 0.186 e. The predicted molar refractivity (Wildman–Crippen MR) is 99.0 cm³/mol. The van der Waals surface area contributed by atoms with E-state index >= 15 is 0 Å². The molecular formula is C19H19ClN4S. The first kappa shape index (κ1) is 14.7. The van der Waals surface area contributed by atoms with Crippen molar-refractivity contribution in [3.8, 4) is 10.6 Å². The fourth-order valence-corrected chi connectivity index (χ4v) is 7.10. The second-order valence-electron chi connectivity index (χ2n) is 8.33. The van der Waals surface area contributed by atoms with Gasteiger partial charge in [-0.2, -0.15) is 9.61 Å². The first-order chi connectivity index (χ1) is 12.2. The Bertz CT molecular complexity index is 940. The molecule has 25 heavy (non-hydrogen) atoms. The minimum absolute atomic E-state index is 0.216. The molecule has 1 aromatic carbocycles. The topological polar surface area (TPSA) is 43.1 Å². The van der Waals surface area contributed by atoms with Crippen molar-refractivity contribution in [3.63, 3.8) is 0 Å². The van der Waals surface area contributed by atoms with Gasteiger partial charge in [0.2, 0.25) is 4.96 Å². The summed E-state index contributed by atoms with van der Waals surface area (Å²) in [6.45, 7) is 0. The number of halogens is 1. The highest BCUT2D eigenvalue weighted by molar-refractivity contribution is 7.19. The minimum atomic E-state index is 0.216. The molecule has 4 nitrogen and oxygen atoms in total. The van der Waals surface area contributed by atoms with Gasteiger partial charge in [-0.25, -0.2) is 0 Å². The third kappa shape index (κ3) is 2.15. The van der Waals surface area contributed by atoms with Crippen LogP contribution < -0.4 is 0 Å². The summed E-state index contributed by atoms with van der Waals surface area (Å²) in [4.78, 5) is 0.903. The lowest BCUT2D eigenvalue weighted by molar-refractivity contribution is -0.0103. The van der Waals surface area contributed by atoms with Crippen molar-refractivity contribution < 1.29 is 0 Å². The van der Waals surface area contributed by atoms with Crippen LogP contribution in [0.3, 0.4) is 0 Å². The molecule has 4 aliphatic carbocycles. The molecule has 2 aromatic heterocycles. The Morgan fingerprint density at radius 2 is 1.76 bits per heavy atom. The lowest BCUT2D eigenvalue weighted by Gasteiger charge is -2.55. The third-order valence-corrected chi connectivity index (χ3v) is 7.76. The van der Waals surface area contributed by atoms with Crippen molar-refractivity contribution in [2.75, 3.05) is 0 Å². The van der Waals surface area contributed by atoms with Gasteiger partial charge in [0.05, 0.1) is 0 Å². The van der Waals surface area contributed by atoms with Crippen molar-refractivity contribution in [2.45, 2.75) is 43.9 Å². The number of benzene rings is 1. The summed E-state index contributed by atoms with van der Waals surface area (Å²) in [5.74, 6) is 3.80. The van der Waals surface area contributed by atoms with Crippen LogP contribution in [0.25, 0.3) is 15.5 Å². The predicted octanol–water partition coefficient (Wildman–Crippen LogP) is 4.97. The van der Waals surface area contributed by atoms with Gasteiger partial charge in [0, 0.05) is 16.0 Å². The van der Waals surface area contributed by atoms with E-state index < -0.39 is 0 Å². The van der Waals surface area contributed by atoms with Gasteiger partial charge in [-0.1, -0.05) is 35.1 Å². The molecule has 0 unspecified atom stereocenters. The lowest BCUT2D eigenvalue weighted by atomic mass is 9.49. The second kappa shape index (κ2) is 5.04. The maximum atomic E-state index is 6.15. The van der Waals surface area contributed by atoms with Gasteiger partial charge < -0.3 is 0 Å². The molecule has 128 valence electrons. The van der Waals surface area contributed by atoms with Gasteiger partial charge in [0.25, 0.3) is 0 Å². The van der Waals surface area contributed by atoms with Crippen molar-refractivity contribution in [1.82, 2.24) is 19.8 Å². The summed E-state index contributed by atoms with van der Waals surface area (Å²) < 4.78 is 2.04. The fourth-order valence-electron chi connectivity index (χ4n) is 6.07. The van der Waals surface area contributed by atoms with Crippen LogP contribution >= 0.6 is 22.9 Å². The Kier molecular flexibility index (Phi) is 2.96. The summed E-state index contributed by atoms with van der Waals surface area (Å²) in [6, 6.07) is 7.89. The van der Waals surface area contributed by atoms with Gasteiger partial charge in [0.15, 0.2) is 5.82 Å². The van der Waals surface area contributed by atoms with Gasteiger partial charge in [-0.3, -0.25) is 0 Å². The standard InChI is InChI=1S/C19H19ClN4S/c20-15-3-1-2-14(7-15)16-23-24-17(21-22-18(24)25-16)19-8-11-4-12(9-19)6-13(5-11)10-19/h1-3,7,11-13H,4-6,8-10H2. The average molecular weight is 371 g/mol. The van der Waals surface area contributed by atoms with Crippen molar-refractivity contribution >= 4 is 27.9 Å². The monoisotopic (exact) mass is 370 g/mol. The number of fused-ring (bicyclic) bond motifs is 1. The van der Waals surface area contributed by atoms with Gasteiger partial charge >= 0.3 is 0 Å². The number of hydrogen-bond donors (Lipinski definition) is 0. The fraction of sp³-hybridized carbons (Fsp3) is 0.526. The molecule has 0 radical (unpaired) electrons. The Labute approximate surface area is 155 Å². The summed E-state index contributed by atoms with van der Waals surface area (Å²) in [5.41, 5.74) is 1.27. The number of rotatable bonds is 2. The summed E-state index contributed by atoms with van der Waals surface area (Å²) in [7, 11) is 0. The van der Waals surface area contributed by atoms with E-state index in [2.05, 4.69) is 16.3 Å². The van der Waals surface area contributed by atoms with Crippen LogP contribution in [0.1, 0.15) is 44.3 Å². The largest absolute Gasteiger partial charge is 0.235 e. The Balaban J connectivity index is 1.47. The van der Waals surface area contributed by atoms with Crippen LogP contribution in [0.2, 0.25) is 5.02 Å². The maximum absolute atomic E-state index is 6.15. The highest BCUT2D eigenvalue weighted by atomic mass is 35.5. The van der Waals surface area contributed by atoms with Gasteiger partial charge in [0.1, 0.15) is 5.01 Å². The molecule has 0 amide bonds. The van der Waals surface area contributed by atoms with Crippen molar-refractivity contribution in [1.29, 1.82) is 0 Å². The molecule has 0 N–H and O–H groups in total. The SMILES string of the molecule is Clc1cccc(-c2nn3c(C45CC6CC(CC(C6)C4)C5)nnc3s2)c1. The van der Waals surface area contributed by atoms with Crippen LogP contribution in [0.5, 0.6) is 0 Å². The summed E-state index contributed by atoms with van der Waals surface area (Å²) in [5, 5.41) is 15.7. The van der Waals surface area contributed by atoms with E-state index in [9.17, 15) is 0 Å². The summed E-state index contributed by atoms with van der Waals surface area (Å²) in [6.07, 6.45) is 8.15. The molecule has 3 aromatic rings. The van der Waals surface area contributed by atoms with Crippen LogP contribution in [0.15, 0.2) is 24.3 Å². The molecule has 2 heterocycles. The average Bonchev–Trinajstić information content (AvgIpc) is 3.13. The normalized spacial score (nSPS) is 33.4. The van der Waals surface area contributed by atoms with Gasteiger partial charge in [-0.15, -0.1) is 10.2 Å². The van der Waals surface area contributed by atoms with E-state index in [1.807, 2.05) is 22.7 Å². The second-order valence-corrected chi connectivity index (χ2v) is 9.73. The van der Waals surface area contributed by atoms with Gasteiger partial charge in [-0.05, 0) is 68.4 Å². The Morgan fingerprint density at radius 1 is 1.04 bits per heavy atom. The van der Waals surface area contributed by atoms with Crippen LogP contribution in [0, 0.1) is 17.8 Å². The summed E-state index contributed by atoms with van der Waals surface area (Å²) >= 11 is 7.76. The van der Waals surface area contributed by atoms with Crippen molar-refractivity contribution in [3.05, 3.63) is 35.1 Å². The number of nitrogens with zero attached hydrogens (tertiary/aromatic N) is 4. The Morgan fingerprint density at radius 3 is 2.44 bits per heavy atom. The lowest BCUT2D eigenvalue weighted by Crippen LogP contribution is -2.49. The highest BCUT2D eigenvalue weighted by Crippen LogP contribution is 2.60. The molecule has 4 fully saturated rings. The molecule has 7 rings (SSSR count). The molecule has 4 saturated carbocycles. The molecular weight excluding hydrogens is 352 g/mol. The first-order valence-electron chi connectivity index (χ1n) is 9.17. The van der Waals surface area contributed by atoms with Crippen LogP contribution in [-0.4, -0.2) is 19.8 Å². The third-order valence-electron chi connectivity index (χ3n) is 6.58. The van der Waals surface area contributed by atoms with E-state index in [4.69, 9.17) is 16.7 Å². The molecule has 0 aliphatic heterocycles. The minimum Gasteiger partial charge on any atom is -0.186 e. The number of hydrogen-bond acceptors (Lipinski definition) is 4. The first-order valence-corrected chi connectivity index (χ1v) is 10.4.